The fraction of sp³-hybridized carbons (Fsp3) is 0.421. The summed E-state index contributed by atoms with van der Waals surface area (Å²) in [5.74, 6) is 2.07. The number of rotatable bonds is 8. The molecule has 0 saturated heterocycles. The number of oxazole rings is 1. The summed E-state index contributed by atoms with van der Waals surface area (Å²) in [6.45, 7) is 8.26. The highest BCUT2D eigenvalue weighted by molar-refractivity contribution is 14.0. The molecule has 8 heteroatoms. The maximum absolute atomic E-state index is 11.9. The molecule has 3 N–H and O–H groups in total. The number of guanidine groups is 1. The van der Waals surface area contributed by atoms with E-state index in [1.54, 1.807) is 12.1 Å². The largest absolute Gasteiger partial charge is 0.444 e. The van der Waals surface area contributed by atoms with Crippen LogP contribution in [-0.2, 0) is 6.54 Å². The fourth-order valence-electron chi connectivity index (χ4n) is 2.28. The Balaban J connectivity index is 0.00000364. The minimum absolute atomic E-state index is 0. The Morgan fingerprint density at radius 3 is 2.44 bits per heavy atom. The summed E-state index contributed by atoms with van der Waals surface area (Å²) in [6, 6.07) is 9.20. The molecule has 1 aromatic heterocycles. The molecule has 0 saturated carbocycles. The zero-order valence-corrected chi connectivity index (χ0v) is 18.4. The van der Waals surface area contributed by atoms with E-state index in [2.05, 4.69) is 25.9 Å². The van der Waals surface area contributed by atoms with Gasteiger partial charge in [0.15, 0.2) is 5.96 Å². The molecule has 0 bridgehead atoms. The number of halogens is 1. The molecular formula is C19H28IN5O2. The van der Waals surface area contributed by atoms with E-state index in [-0.39, 0.29) is 29.9 Å². The Kier molecular flexibility index (Phi) is 10.5. The maximum Gasteiger partial charge on any atom is 0.251 e. The third-order valence-corrected chi connectivity index (χ3v) is 3.76. The molecule has 1 amide bonds. The first-order chi connectivity index (χ1) is 12.6. The standard InChI is InChI=1S/C19H27N5O2.HI/c1-4-20-19(23-13-17-24-14(2)15(3)26-17)22-12-8-11-21-18(25)16-9-6-5-7-10-16;/h5-7,9-10H,4,8,11-13H2,1-3H3,(H,21,25)(H2,20,22,23);1H. The van der Waals surface area contributed by atoms with E-state index < -0.39 is 0 Å². The third kappa shape index (κ3) is 7.98. The van der Waals surface area contributed by atoms with Gasteiger partial charge in [-0.05, 0) is 39.3 Å². The quantitative estimate of drug-likeness (QED) is 0.232. The van der Waals surface area contributed by atoms with Gasteiger partial charge in [0.05, 0.1) is 5.69 Å². The van der Waals surface area contributed by atoms with Crippen LogP contribution in [0.2, 0.25) is 0 Å². The Morgan fingerprint density at radius 2 is 1.81 bits per heavy atom. The van der Waals surface area contributed by atoms with E-state index in [4.69, 9.17) is 4.42 Å². The zero-order valence-electron chi connectivity index (χ0n) is 16.0. The van der Waals surface area contributed by atoms with Crippen molar-refractivity contribution in [1.29, 1.82) is 0 Å². The van der Waals surface area contributed by atoms with Crippen LogP contribution in [0.1, 0.15) is 41.0 Å². The third-order valence-electron chi connectivity index (χ3n) is 3.76. The van der Waals surface area contributed by atoms with Gasteiger partial charge in [0.25, 0.3) is 5.91 Å². The molecule has 0 unspecified atom stereocenters. The maximum atomic E-state index is 11.9. The van der Waals surface area contributed by atoms with Crippen molar-refractivity contribution >= 4 is 35.8 Å². The van der Waals surface area contributed by atoms with Crippen molar-refractivity contribution in [3.63, 3.8) is 0 Å². The highest BCUT2D eigenvalue weighted by Crippen LogP contribution is 2.08. The van der Waals surface area contributed by atoms with Crippen molar-refractivity contribution in [2.75, 3.05) is 19.6 Å². The summed E-state index contributed by atoms with van der Waals surface area (Å²) in [5.41, 5.74) is 1.56. The number of aromatic nitrogens is 1. The number of hydrogen-bond donors (Lipinski definition) is 3. The topological polar surface area (TPSA) is 91.6 Å². The number of nitrogens with one attached hydrogen (secondary N) is 3. The average molecular weight is 485 g/mol. The van der Waals surface area contributed by atoms with Crippen molar-refractivity contribution in [2.24, 2.45) is 4.99 Å². The van der Waals surface area contributed by atoms with Gasteiger partial charge in [-0.3, -0.25) is 4.79 Å². The van der Waals surface area contributed by atoms with Crippen molar-refractivity contribution in [3.8, 4) is 0 Å². The van der Waals surface area contributed by atoms with E-state index >= 15 is 0 Å². The lowest BCUT2D eigenvalue weighted by atomic mass is 10.2. The van der Waals surface area contributed by atoms with Gasteiger partial charge in [0.2, 0.25) is 5.89 Å². The number of nitrogens with zero attached hydrogens (tertiary/aromatic N) is 2. The summed E-state index contributed by atoms with van der Waals surface area (Å²) < 4.78 is 5.53. The van der Waals surface area contributed by atoms with E-state index in [0.717, 1.165) is 24.4 Å². The highest BCUT2D eigenvalue weighted by atomic mass is 127. The molecule has 0 spiro atoms. The Labute approximate surface area is 177 Å². The van der Waals surface area contributed by atoms with E-state index in [9.17, 15) is 4.79 Å². The smallest absolute Gasteiger partial charge is 0.251 e. The molecule has 0 aliphatic rings. The first kappa shape index (κ1) is 22.9. The summed E-state index contributed by atoms with van der Waals surface area (Å²) in [5, 5.41) is 9.33. The fourth-order valence-corrected chi connectivity index (χ4v) is 2.28. The molecule has 0 aliphatic heterocycles. The van der Waals surface area contributed by atoms with Crippen LogP contribution in [0.25, 0.3) is 0 Å². The van der Waals surface area contributed by atoms with Crippen LogP contribution >= 0.6 is 24.0 Å². The second-order valence-corrected chi connectivity index (χ2v) is 5.85. The normalized spacial score (nSPS) is 10.9. The van der Waals surface area contributed by atoms with Crippen molar-refractivity contribution < 1.29 is 9.21 Å². The van der Waals surface area contributed by atoms with Gasteiger partial charge >= 0.3 is 0 Å². The van der Waals surface area contributed by atoms with Crippen molar-refractivity contribution in [3.05, 3.63) is 53.2 Å². The molecule has 2 rings (SSSR count). The summed E-state index contributed by atoms with van der Waals surface area (Å²) in [4.78, 5) is 20.7. The second-order valence-electron chi connectivity index (χ2n) is 5.85. The number of benzene rings is 1. The minimum atomic E-state index is -0.0548. The molecule has 1 aromatic carbocycles. The summed E-state index contributed by atoms with van der Waals surface area (Å²) in [7, 11) is 0. The molecule has 2 aromatic rings. The lowest BCUT2D eigenvalue weighted by Gasteiger charge is -2.11. The highest BCUT2D eigenvalue weighted by Gasteiger charge is 2.06. The monoisotopic (exact) mass is 485 g/mol. The Hall–Kier alpha value is -2.10. The van der Waals surface area contributed by atoms with Gasteiger partial charge in [-0.1, -0.05) is 18.2 Å². The molecule has 1 heterocycles. The van der Waals surface area contributed by atoms with Crippen LogP contribution in [-0.4, -0.2) is 36.5 Å². The van der Waals surface area contributed by atoms with Gasteiger partial charge in [-0.25, -0.2) is 9.98 Å². The van der Waals surface area contributed by atoms with E-state index in [0.29, 0.717) is 37.0 Å². The van der Waals surface area contributed by atoms with Crippen LogP contribution in [0.3, 0.4) is 0 Å². The van der Waals surface area contributed by atoms with Crippen LogP contribution in [0.4, 0.5) is 0 Å². The first-order valence-corrected chi connectivity index (χ1v) is 8.88. The second kappa shape index (κ2) is 12.3. The molecular weight excluding hydrogens is 457 g/mol. The van der Waals surface area contributed by atoms with E-state index in [1.807, 2.05) is 39.0 Å². The number of aliphatic imine (C=N–C) groups is 1. The SMILES string of the molecule is CCNC(=NCc1nc(C)c(C)o1)NCCCNC(=O)c1ccccc1.I. The number of carbonyl (C=O) groups excluding carboxylic acids is 1. The zero-order chi connectivity index (χ0) is 18.8. The predicted molar refractivity (Wildman–Crippen MR) is 118 cm³/mol. The number of aryl methyl sites for hydroxylation is 2. The Bertz CT molecular complexity index is 711. The van der Waals surface area contributed by atoms with Crippen LogP contribution in [0.5, 0.6) is 0 Å². The number of amides is 1. The van der Waals surface area contributed by atoms with Gasteiger partial charge in [0.1, 0.15) is 12.3 Å². The molecule has 0 fully saturated rings. The molecule has 0 aliphatic carbocycles. The van der Waals surface area contributed by atoms with Gasteiger partial charge in [0, 0.05) is 25.2 Å². The summed E-state index contributed by atoms with van der Waals surface area (Å²) >= 11 is 0. The van der Waals surface area contributed by atoms with Gasteiger partial charge in [-0.2, -0.15) is 0 Å². The van der Waals surface area contributed by atoms with Crippen LogP contribution in [0.15, 0.2) is 39.7 Å². The lowest BCUT2D eigenvalue weighted by Crippen LogP contribution is -2.38. The molecule has 0 radical (unpaired) electrons. The van der Waals surface area contributed by atoms with Crippen LogP contribution in [0, 0.1) is 13.8 Å². The lowest BCUT2D eigenvalue weighted by molar-refractivity contribution is 0.0953. The van der Waals surface area contributed by atoms with Crippen molar-refractivity contribution in [1.82, 2.24) is 20.9 Å². The number of carbonyl (C=O) groups is 1. The molecule has 7 nitrogen and oxygen atoms in total. The summed E-state index contributed by atoms with van der Waals surface area (Å²) in [6.07, 6.45) is 0.792. The molecule has 27 heavy (non-hydrogen) atoms. The minimum Gasteiger partial charge on any atom is -0.444 e. The van der Waals surface area contributed by atoms with Gasteiger partial charge < -0.3 is 20.4 Å². The van der Waals surface area contributed by atoms with Crippen LogP contribution < -0.4 is 16.0 Å². The predicted octanol–water partition coefficient (Wildman–Crippen LogP) is 2.78. The Morgan fingerprint density at radius 1 is 1.11 bits per heavy atom. The number of hydrogen-bond acceptors (Lipinski definition) is 4. The average Bonchev–Trinajstić information content (AvgIpc) is 2.97. The van der Waals surface area contributed by atoms with E-state index in [1.165, 1.54) is 0 Å². The van der Waals surface area contributed by atoms with Gasteiger partial charge in [-0.15, -0.1) is 24.0 Å². The molecule has 148 valence electrons. The van der Waals surface area contributed by atoms with Crippen molar-refractivity contribution in [2.45, 2.75) is 33.7 Å². The first-order valence-electron chi connectivity index (χ1n) is 8.88. The molecule has 0 atom stereocenters.